The van der Waals surface area contributed by atoms with Gasteiger partial charge in [-0.25, -0.2) is 5.43 Å². The highest BCUT2D eigenvalue weighted by atomic mass is 35.5. The van der Waals surface area contributed by atoms with Crippen LogP contribution in [0.15, 0.2) is 65.8 Å². The number of ether oxygens (including phenoxy) is 1. The molecule has 0 aliphatic heterocycles. The topological polar surface area (TPSA) is 79.8 Å². The quantitative estimate of drug-likeness (QED) is 0.327. The molecule has 0 aliphatic rings. The van der Waals surface area contributed by atoms with Gasteiger partial charge in [0, 0.05) is 11.3 Å². The molecular weight excluding hydrogens is 473 g/mol. The highest BCUT2D eigenvalue weighted by molar-refractivity contribution is 6.42. The van der Waals surface area contributed by atoms with Crippen molar-refractivity contribution in [1.29, 1.82) is 0 Å². The van der Waals surface area contributed by atoms with Crippen LogP contribution in [0.3, 0.4) is 0 Å². The number of hydrogen-bond donors (Lipinski definition) is 2. The van der Waals surface area contributed by atoms with Crippen LogP contribution < -0.4 is 15.5 Å². The van der Waals surface area contributed by atoms with Crippen molar-refractivity contribution >= 4 is 58.5 Å². The predicted molar refractivity (Wildman–Crippen MR) is 128 cm³/mol. The highest BCUT2D eigenvalue weighted by Gasteiger charge is 2.09. The smallest absolute Gasteiger partial charge is 0.271 e. The lowest BCUT2D eigenvalue weighted by Crippen LogP contribution is -2.20. The minimum atomic E-state index is -0.385. The van der Waals surface area contributed by atoms with Crippen LogP contribution in [-0.4, -0.2) is 24.6 Å². The third-order valence-electron chi connectivity index (χ3n) is 4.21. The largest absolute Gasteiger partial charge is 0.482 e. The molecule has 0 saturated carbocycles. The maximum absolute atomic E-state index is 12.1. The van der Waals surface area contributed by atoms with E-state index in [4.69, 9.17) is 39.5 Å². The van der Waals surface area contributed by atoms with Crippen molar-refractivity contribution in [3.8, 4) is 5.75 Å². The Labute approximate surface area is 200 Å². The molecule has 0 aliphatic carbocycles. The molecule has 0 atom stereocenters. The first-order chi connectivity index (χ1) is 15.3. The Morgan fingerprint density at radius 1 is 0.938 bits per heavy atom. The van der Waals surface area contributed by atoms with Gasteiger partial charge in [0.05, 0.1) is 21.3 Å². The zero-order valence-corrected chi connectivity index (χ0v) is 19.1. The number of hydrogen-bond acceptors (Lipinski definition) is 4. The Hall–Kier alpha value is -3.06. The second-order valence-electron chi connectivity index (χ2n) is 6.72. The van der Waals surface area contributed by atoms with E-state index in [1.807, 2.05) is 19.1 Å². The fourth-order valence-corrected chi connectivity index (χ4v) is 3.11. The van der Waals surface area contributed by atoms with Gasteiger partial charge in [0.1, 0.15) is 5.75 Å². The first-order valence-corrected chi connectivity index (χ1v) is 10.5. The molecule has 3 rings (SSSR count). The molecule has 6 nitrogen and oxygen atoms in total. The Balaban J connectivity index is 1.52. The first-order valence-electron chi connectivity index (χ1n) is 9.39. The Kier molecular flexibility index (Phi) is 8.11. The Morgan fingerprint density at radius 3 is 2.38 bits per heavy atom. The van der Waals surface area contributed by atoms with Gasteiger partial charge < -0.3 is 10.1 Å². The Morgan fingerprint density at radius 2 is 1.69 bits per heavy atom. The van der Waals surface area contributed by atoms with Crippen LogP contribution in [0.5, 0.6) is 5.75 Å². The van der Waals surface area contributed by atoms with Crippen LogP contribution in [0, 0.1) is 6.92 Å². The van der Waals surface area contributed by atoms with Crippen molar-refractivity contribution in [1.82, 2.24) is 5.43 Å². The van der Waals surface area contributed by atoms with Crippen LogP contribution in [0.4, 0.5) is 5.69 Å². The van der Waals surface area contributed by atoms with E-state index in [-0.39, 0.29) is 18.4 Å². The molecule has 2 amide bonds. The lowest BCUT2D eigenvalue weighted by molar-refractivity contribution is -0.118. The molecule has 0 unspecified atom stereocenters. The molecule has 0 radical (unpaired) electrons. The molecule has 0 heterocycles. The average Bonchev–Trinajstić information content (AvgIpc) is 2.76. The summed E-state index contributed by atoms with van der Waals surface area (Å²) in [6.45, 7) is 1.69. The number of anilines is 1. The van der Waals surface area contributed by atoms with Gasteiger partial charge in [-0.3, -0.25) is 9.59 Å². The van der Waals surface area contributed by atoms with Crippen molar-refractivity contribution in [2.45, 2.75) is 6.92 Å². The third kappa shape index (κ3) is 6.72. The molecule has 2 N–H and O–H groups in total. The summed E-state index contributed by atoms with van der Waals surface area (Å²) in [4.78, 5) is 24.1. The minimum Gasteiger partial charge on any atom is -0.482 e. The van der Waals surface area contributed by atoms with E-state index in [0.717, 1.165) is 5.56 Å². The summed E-state index contributed by atoms with van der Waals surface area (Å²) in [7, 11) is 0. The molecule has 9 heteroatoms. The van der Waals surface area contributed by atoms with Crippen LogP contribution in [0.1, 0.15) is 21.5 Å². The number of hydrazone groups is 1. The van der Waals surface area contributed by atoms with Gasteiger partial charge in [0.15, 0.2) is 6.61 Å². The van der Waals surface area contributed by atoms with Gasteiger partial charge in [0.2, 0.25) is 0 Å². The lowest BCUT2D eigenvalue weighted by atomic mass is 10.1. The summed E-state index contributed by atoms with van der Waals surface area (Å²) in [5.41, 5.74) is 5.17. The second kappa shape index (κ2) is 11.0. The monoisotopic (exact) mass is 489 g/mol. The highest BCUT2D eigenvalue weighted by Crippen LogP contribution is 2.26. The summed E-state index contributed by atoms with van der Waals surface area (Å²) in [6.07, 6.45) is 1.46. The van der Waals surface area contributed by atoms with E-state index in [9.17, 15) is 9.59 Å². The fraction of sp³-hybridized carbons (Fsp3) is 0.0870. The summed E-state index contributed by atoms with van der Waals surface area (Å²) >= 11 is 18.0. The zero-order valence-electron chi connectivity index (χ0n) is 16.9. The molecule has 32 heavy (non-hydrogen) atoms. The summed E-state index contributed by atoms with van der Waals surface area (Å²) in [6, 6.07) is 16.8. The number of nitrogens with zero attached hydrogens (tertiary/aromatic N) is 1. The maximum atomic E-state index is 12.1. The average molecular weight is 491 g/mol. The van der Waals surface area contributed by atoms with Crippen molar-refractivity contribution in [2.24, 2.45) is 5.10 Å². The van der Waals surface area contributed by atoms with E-state index in [0.29, 0.717) is 37.6 Å². The van der Waals surface area contributed by atoms with Crippen molar-refractivity contribution in [3.05, 3.63) is 92.4 Å². The number of nitrogens with one attached hydrogen (secondary N) is 2. The number of rotatable bonds is 7. The third-order valence-corrected chi connectivity index (χ3v) is 5.25. The minimum absolute atomic E-state index is 0.250. The van der Waals surface area contributed by atoms with Crippen LogP contribution in [0.25, 0.3) is 0 Å². The van der Waals surface area contributed by atoms with Crippen molar-refractivity contribution in [2.75, 3.05) is 11.9 Å². The van der Waals surface area contributed by atoms with Crippen LogP contribution in [0.2, 0.25) is 15.1 Å². The predicted octanol–water partition coefficient (Wildman–Crippen LogP) is 5.74. The Bertz CT molecular complexity index is 1160. The van der Waals surface area contributed by atoms with E-state index >= 15 is 0 Å². The molecule has 0 spiro atoms. The first kappa shape index (κ1) is 23.6. The standard InChI is InChI=1S/C23H18Cl3N3O3/c1-14-2-5-16(6-3-14)23(31)29-27-12-15-4-9-21(20(26)10-15)32-13-22(30)28-17-7-8-18(24)19(25)11-17/h2-12H,13H2,1H3,(H,28,30)(H,29,31)/b27-12+. The van der Waals surface area contributed by atoms with Gasteiger partial charge in [0.25, 0.3) is 11.8 Å². The molecule has 0 bridgehead atoms. The summed E-state index contributed by atoms with van der Waals surface area (Å²) in [5, 5.41) is 7.61. The number of halogens is 3. The molecule has 164 valence electrons. The van der Waals surface area contributed by atoms with E-state index < -0.39 is 0 Å². The maximum Gasteiger partial charge on any atom is 0.271 e. The zero-order chi connectivity index (χ0) is 23.1. The van der Waals surface area contributed by atoms with Crippen molar-refractivity contribution < 1.29 is 14.3 Å². The van der Waals surface area contributed by atoms with E-state index in [1.165, 1.54) is 6.21 Å². The summed E-state index contributed by atoms with van der Waals surface area (Å²) < 4.78 is 5.47. The second-order valence-corrected chi connectivity index (χ2v) is 7.94. The molecule has 0 saturated heterocycles. The van der Waals surface area contributed by atoms with Crippen LogP contribution in [-0.2, 0) is 4.79 Å². The summed E-state index contributed by atoms with van der Waals surface area (Å²) in [5.74, 6) is -0.374. The molecular formula is C23H18Cl3N3O3. The number of carbonyl (C=O) groups excluding carboxylic acids is 2. The van der Waals surface area contributed by atoms with Crippen molar-refractivity contribution in [3.63, 3.8) is 0 Å². The number of aryl methyl sites for hydroxylation is 1. The van der Waals surface area contributed by atoms with Gasteiger partial charge in [-0.05, 0) is 61.0 Å². The van der Waals surface area contributed by atoms with Crippen LogP contribution >= 0.6 is 34.8 Å². The normalized spacial score (nSPS) is 10.8. The fourth-order valence-electron chi connectivity index (χ4n) is 2.56. The van der Waals surface area contributed by atoms with Gasteiger partial charge >= 0.3 is 0 Å². The van der Waals surface area contributed by atoms with Gasteiger partial charge in [-0.15, -0.1) is 0 Å². The molecule has 0 aromatic heterocycles. The van der Waals surface area contributed by atoms with E-state index in [2.05, 4.69) is 15.8 Å². The lowest BCUT2D eigenvalue weighted by Gasteiger charge is -2.10. The molecule has 3 aromatic rings. The number of benzene rings is 3. The molecule has 0 fully saturated rings. The number of amides is 2. The van der Waals surface area contributed by atoms with Gasteiger partial charge in [-0.2, -0.15) is 5.10 Å². The number of carbonyl (C=O) groups is 2. The van der Waals surface area contributed by atoms with Gasteiger partial charge in [-0.1, -0.05) is 52.5 Å². The molecule has 3 aromatic carbocycles. The van der Waals surface area contributed by atoms with E-state index in [1.54, 1.807) is 48.5 Å². The SMILES string of the molecule is Cc1ccc(C(=O)N/N=C/c2ccc(OCC(=O)Nc3ccc(Cl)c(Cl)c3)c(Cl)c2)cc1.